The maximum absolute atomic E-state index is 8.45. The molecule has 0 saturated heterocycles. The molecule has 0 amide bonds. The Balaban J connectivity index is 3.01. The SMILES string of the molecule is N#Cc1cncc(BBr)c1. The van der Waals surface area contributed by atoms with Gasteiger partial charge in [0.2, 0.25) is 6.10 Å². The fourth-order valence-electron chi connectivity index (χ4n) is 0.622. The number of aromatic nitrogens is 1. The van der Waals surface area contributed by atoms with E-state index in [0.717, 1.165) is 11.6 Å². The first kappa shape index (κ1) is 7.29. The van der Waals surface area contributed by atoms with Crippen LogP contribution in [0, 0.1) is 11.3 Å². The monoisotopic (exact) mass is 194 g/mol. The molecule has 0 radical (unpaired) electrons. The molecule has 0 saturated carbocycles. The molecule has 0 aromatic carbocycles. The molecule has 0 N–H and O–H groups in total. The van der Waals surface area contributed by atoms with E-state index in [2.05, 4.69) is 20.7 Å². The number of nitrogens with zero attached hydrogens (tertiary/aromatic N) is 2. The number of halogens is 1. The normalized spacial score (nSPS) is 8.40. The van der Waals surface area contributed by atoms with Crippen molar-refractivity contribution in [3.05, 3.63) is 24.0 Å². The molecule has 1 aromatic heterocycles. The quantitative estimate of drug-likeness (QED) is 0.605. The molecule has 4 heteroatoms. The Labute approximate surface area is 68.1 Å². The van der Waals surface area contributed by atoms with Gasteiger partial charge in [0.1, 0.15) is 6.07 Å². The van der Waals surface area contributed by atoms with Crippen LogP contribution in [-0.2, 0) is 0 Å². The molecule has 0 aliphatic carbocycles. The van der Waals surface area contributed by atoms with Gasteiger partial charge in [-0.05, 0) is 6.07 Å². The summed E-state index contributed by atoms with van der Waals surface area (Å²) in [6.07, 6.45) is 4.03. The first-order chi connectivity index (χ1) is 4.86. The fraction of sp³-hybridized carbons (Fsp3) is 0. The lowest BCUT2D eigenvalue weighted by Gasteiger charge is -1.90. The lowest BCUT2D eigenvalue weighted by Crippen LogP contribution is -2.08. The second-order valence-corrected chi connectivity index (χ2v) is 2.39. The maximum atomic E-state index is 8.45. The van der Waals surface area contributed by atoms with Crippen molar-refractivity contribution in [1.29, 1.82) is 5.26 Å². The Morgan fingerprint density at radius 1 is 1.60 bits per heavy atom. The van der Waals surface area contributed by atoms with Gasteiger partial charge in [0, 0.05) is 12.4 Å². The van der Waals surface area contributed by atoms with Crippen molar-refractivity contribution < 1.29 is 0 Å². The predicted octanol–water partition coefficient (Wildman–Crippen LogP) is 0.325. The highest BCUT2D eigenvalue weighted by molar-refractivity contribution is 9.23. The van der Waals surface area contributed by atoms with Gasteiger partial charge in [-0.1, -0.05) is 5.46 Å². The molecule has 0 aliphatic heterocycles. The first-order valence-corrected chi connectivity index (χ1v) is 3.89. The van der Waals surface area contributed by atoms with Gasteiger partial charge in [-0.15, -0.1) is 0 Å². The van der Waals surface area contributed by atoms with E-state index in [1.807, 2.05) is 12.1 Å². The highest BCUT2D eigenvalue weighted by Gasteiger charge is 1.93. The zero-order valence-corrected chi connectivity index (χ0v) is 6.80. The summed E-state index contributed by atoms with van der Waals surface area (Å²) < 4.78 is 0. The summed E-state index contributed by atoms with van der Waals surface area (Å²) in [7, 11) is 0. The van der Waals surface area contributed by atoms with E-state index >= 15 is 0 Å². The molecule has 0 unspecified atom stereocenters. The molecule has 10 heavy (non-hydrogen) atoms. The summed E-state index contributed by atoms with van der Waals surface area (Å²) in [5, 5.41) is 8.45. The summed E-state index contributed by atoms with van der Waals surface area (Å²) in [6, 6.07) is 3.83. The second kappa shape index (κ2) is 3.38. The summed E-state index contributed by atoms with van der Waals surface area (Å²) >= 11 is 3.27. The van der Waals surface area contributed by atoms with Gasteiger partial charge in [-0.2, -0.15) is 21.0 Å². The van der Waals surface area contributed by atoms with Crippen LogP contribution in [0.4, 0.5) is 0 Å². The van der Waals surface area contributed by atoms with Crippen LogP contribution in [0.3, 0.4) is 0 Å². The van der Waals surface area contributed by atoms with Crippen molar-refractivity contribution >= 4 is 27.3 Å². The lowest BCUT2D eigenvalue weighted by atomic mass is 9.97. The van der Waals surface area contributed by atoms with Crippen LogP contribution in [0.25, 0.3) is 0 Å². The van der Waals surface area contributed by atoms with Gasteiger partial charge in [0.05, 0.1) is 5.56 Å². The summed E-state index contributed by atoms with van der Waals surface area (Å²) in [5.74, 6) is 0. The molecule has 0 fully saturated rings. The van der Waals surface area contributed by atoms with Crippen molar-refractivity contribution in [3.63, 3.8) is 0 Å². The lowest BCUT2D eigenvalue weighted by molar-refractivity contribution is 1.32. The second-order valence-electron chi connectivity index (χ2n) is 1.83. The van der Waals surface area contributed by atoms with E-state index in [1.165, 1.54) is 0 Å². The molecular weight excluding hydrogens is 191 g/mol. The van der Waals surface area contributed by atoms with E-state index in [1.54, 1.807) is 12.4 Å². The number of nitriles is 1. The Hall–Kier alpha value is -0.815. The Morgan fingerprint density at radius 2 is 2.40 bits per heavy atom. The third-order valence-electron chi connectivity index (χ3n) is 1.08. The van der Waals surface area contributed by atoms with Gasteiger partial charge in [0.15, 0.2) is 0 Å². The topological polar surface area (TPSA) is 36.7 Å². The minimum Gasteiger partial charge on any atom is -0.264 e. The molecule has 1 heterocycles. The zero-order valence-electron chi connectivity index (χ0n) is 5.21. The van der Waals surface area contributed by atoms with Crippen molar-refractivity contribution in [2.45, 2.75) is 0 Å². The highest BCUT2D eigenvalue weighted by Crippen LogP contribution is 1.90. The maximum Gasteiger partial charge on any atom is 0.239 e. The number of rotatable bonds is 1. The Morgan fingerprint density at radius 3 is 3.00 bits per heavy atom. The Bertz CT molecular complexity index is 269. The van der Waals surface area contributed by atoms with Gasteiger partial charge < -0.3 is 0 Å². The standard InChI is InChI=1S/C6H4BBrN2/c8-7-6-1-5(2-9)3-10-4-6/h1,3-4,7H. The van der Waals surface area contributed by atoms with Crippen LogP contribution in [0.1, 0.15) is 5.56 Å². The summed E-state index contributed by atoms with van der Waals surface area (Å²) in [5.41, 5.74) is 1.64. The zero-order chi connectivity index (χ0) is 7.40. The van der Waals surface area contributed by atoms with Crippen LogP contribution in [0.15, 0.2) is 18.5 Å². The van der Waals surface area contributed by atoms with Gasteiger partial charge in [-0.25, -0.2) is 0 Å². The number of hydrogen-bond acceptors (Lipinski definition) is 2. The van der Waals surface area contributed by atoms with Gasteiger partial charge >= 0.3 is 0 Å². The van der Waals surface area contributed by atoms with Crippen LogP contribution < -0.4 is 5.46 Å². The van der Waals surface area contributed by atoms with Crippen LogP contribution in [-0.4, -0.2) is 11.1 Å². The highest BCUT2D eigenvalue weighted by atomic mass is 79.9. The minimum absolute atomic E-state index is 0.608. The molecule has 2 nitrogen and oxygen atoms in total. The van der Waals surface area contributed by atoms with Crippen molar-refractivity contribution in [1.82, 2.24) is 4.98 Å². The van der Waals surface area contributed by atoms with E-state index in [-0.39, 0.29) is 0 Å². The summed E-state index contributed by atoms with van der Waals surface area (Å²) in [4.78, 5) is 3.87. The fourth-order valence-corrected chi connectivity index (χ4v) is 0.928. The molecule has 0 spiro atoms. The molecule has 48 valence electrons. The third kappa shape index (κ3) is 1.58. The number of hydrogen-bond donors (Lipinski definition) is 0. The van der Waals surface area contributed by atoms with E-state index in [0.29, 0.717) is 5.56 Å². The Kier molecular flexibility index (Phi) is 2.46. The van der Waals surface area contributed by atoms with E-state index in [4.69, 9.17) is 5.26 Å². The van der Waals surface area contributed by atoms with Crippen LogP contribution in [0.5, 0.6) is 0 Å². The average molecular weight is 195 g/mol. The smallest absolute Gasteiger partial charge is 0.239 e. The molecular formula is C6H4BBrN2. The molecule has 1 rings (SSSR count). The van der Waals surface area contributed by atoms with Crippen molar-refractivity contribution in [2.75, 3.05) is 0 Å². The molecule has 0 atom stereocenters. The van der Waals surface area contributed by atoms with Gasteiger partial charge in [0.25, 0.3) is 0 Å². The van der Waals surface area contributed by atoms with Crippen molar-refractivity contribution in [2.24, 2.45) is 0 Å². The third-order valence-corrected chi connectivity index (χ3v) is 1.73. The van der Waals surface area contributed by atoms with Gasteiger partial charge in [-0.3, -0.25) is 4.98 Å². The molecule has 1 aromatic rings. The van der Waals surface area contributed by atoms with Crippen molar-refractivity contribution in [3.8, 4) is 6.07 Å². The molecule has 0 aliphatic rings. The average Bonchev–Trinajstić information content (AvgIpc) is 2.05. The first-order valence-electron chi connectivity index (χ1n) is 2.77. The number of pyridine rings is 1. The van der Waals surface area contributed by atoms with E-state index < -0.39 is 0 Å². The van der Waals surface area contributed by atoms with Crippen LogP contribution >= 0.6 is 15.8 Å². The van der Waals surface area contributed by atoms with E-state index in [9.17, 15) is 0 Å². The summed E-state index contributed by atoms with van der Waals surface area (Å²) in [6.45, 7) is 0. The molecule has 0 bridgehead atoms. The largest absolute Gasteiger partial charge is 0.264 e. The van der Waals surface area contributed by atoms with Crippen LogP contribution in [0.2, 0.25) is 0 Å². The predicted molar refractivity (Wildman–Crippen MR) is 44.7 cm³/mol. The minimum atomic E-state index is 0.608.